The van der Waals surface area contributed by atoms with Crippen LogP contribution in [0.3, 0.4) is 0 Å². The molecule has 0 fully saturated rings. The van der Waals surface area contributed by atoms with E-state index in [1.54, 1.807) is 0 Å². The second-order valence-corrected chi connectivity index (χ2v) is 2.04. The maximum absolute atomic E-state index is 7.25. The van der Waals surface area contributed by atoms with Gasteiger partial charge in [0.15, 0.2) is 0 Å². The van der Waals surface area contributed by atoms with E-state index >= 15 is 0 Å². The van der Waals surface area contributed by atoms with Crippen LogP contribution in [0.2, 0.25) is 0 Å². The second-order valence-electron chi connectivity index (χ2n) is 2.04. The van der Waals surface area contributed by atoms with Gasteiger partial charge >= 0.3 is 17.4 Å². The van der Waals surface area contributed by atoms with Crippen molar-refractivity contribution in [2.45, 2.75) is 0 Å². The zero-order chi connectivity index (χ0) is 11.8. The average Bonchev–Trinajstić information content (AvgIpc) is 2.95. The van der Waals surface area contributed by atoms with Crippen LogP contribution in [-0.4, -0.2) is 0 Å². The largest absolute Gasteiger partial charge is 4.00 e. The van der Waals surface area contributed by atoms with E-state index in [0.29, 0.717) is 0 Å². The first-order valence-electron chi connectivity index (χ1n) is 3.94. The van der Waals surface area contributed by atoms with Crippen molar-refractivity contribution >= 4 is 0 Å². The minimum absolute atomic E-state index is 0. The summed E-state index contributed by atoms with van der Waals surface area (Å²) in [4.78, 5) is 14.5. The smallest absolute Gasteiger partial charge is 0.577 e. The van der Waals surface area contributed by atoms with Gasteiger partial charge in [-0.25, -0.2) is 12.1 Å². The summed E-state index contributed by atoms with van der Waals surface area (Å²) in [6, 6.07) is 22.5. The van der Waals surface area contributed by atoms with E-state index in [0.717, 1.165) is 0 Å². The molecule has 0 N–H and O–H groups in total. The monoisotopic (exact) mass is 254 g/mol. The van der Waals surface area contributed by atoms with E-state index in [2.05, 4.69) is 6.07 Å². The third-order valence-corrected chi connectivity index (χ3v) is 1.16. The molecule has 0 spiro atoms. The standard InChI is InChI=1S/C6H5.C5H5.Cr.2NO/c1-2-4-6-5-3-1;1-2-4-5-3-1;;2*1-2/h1-5H;1-5H;;;/q2*-1;+4;2*-1. The van der Waals surface area contributed by atoms with Crippen LogP contribution in [-0.2, 0) is 17.4 Å². The predicted molar refractivity (Wildman–Crippen MR) is 60.8 cm³/mol. The third kappa shape index (κ3) is 18.2. The first-order valence-corrected chi connectivity index (χ1v) is 3.94. The van der Waals surface area contributed by atoms with Crippen molar-refractivity contribution in [3.63, 3.8) is 0 Å². The Morgan fingerprint density at radius 2 is 1.19 bits per heavy atom. The molecule has 16 heavy (non-hydrogen) atoms. The molecule has 0 aliphatic rings. The molecule has 0 saturated carbocycles. The molecule has 0 aliphatic heterocycles. The van der Waals surface area contributed by atoms with Crippen LogP contribution < -0.4 is 0 Å². The molecule has 0 radical (unpaired) electrons. The van der Waals surface area contributed by atoms with E-state index in [4.69, 9.17) is 21.0 Å². The predicted octanol–water partition coefficient (Wildman–Crippen LogP) is 3.53. The normalized spacial score (nSPS) is 6.00. The quantitative estimate of drug-likeness (QED) is 0.674. The molecule has 2 aromatic rings. The Hall–Kier alpha value is -1.70. The molecule has 0 amide bonds. The fourth-order valence-electron chi connectivity index (χ4n) is 0.663. The van der Waals surface area contributed by atoms with E-state index in [1.807, 2.05) is 60.7 Å². The zero-order valence-corrected chi connectivity index (χ0v) is 9.67. The average molecular weight is 254 g/mol. The van der Waals surface area contributed by atoms with Crippen molar-refractivity contribution in [2.24, 2.45) is 0 Å². The van der Waals surface area contributed by atoms with Gasteiger partial charge in [-0.05, 0) is 0 Å². The molecule has 2 rings (SSSR count). The Labute approximate surface area is 105 Å². The summed E-state index contributed by atoms with van der Waals surface area (Å²) in [6.45, 7) is 0. The van der Waals surface area contributed by atoms with Crippen molar-refractivity contribution in [2.75, 3.05) is 0 Å². The minimum atomic E-state index is 0. The first-order chi connectivity index (χ1) is 7.50. The second kappa shape index (κ2) is 23.3. The SMILES string of the molecule is [Cr+4].[N-]=O.[N-]=O.[c-]1ccccc1.c1cc[cH-]c1. The molecule has 5 heteroatoms. The van der Waals surface area contributed by atoms with Gasteiger partial charge in [-0.3, -0.25) is 0 Å². The van der Waals surface area contributed by atoms with Crippen LogP contribution in [0.15, 0.2) is 60.7 Å². The Morgan fingerprint density at radius 3 is 1.31 bits per heavy atom. The summed E-state index contributed by atoms with van der Waals surface area (Å²) < 4.78 is 0. The molecule has 0 saturated heterocycles. The van der Waals surface area contributed by atoms with E-state index in [9.17, 15) is 0 Å². The molecule has 0 aromatic heterocycles. The van der Waals surface area contributed by atoms with Crippen LogP contribution >= 0.6 is 0 Å². The molecule has 0 heterocycles. The maximum atomic E-state index is 7.25. The Balaban J connectivity index is -0.000000156. The van der Waals surface area contributed by atoms with Gasteiger partial charge in [0.2, 0.25) is 0 Å². The number of hydrogen-bond acceptors (Lipinski definition) is 2. The summed E-state index contributed by atoms with van der Waals surface area (Å²) in [7, 11) is 0. The van der Waals surface area contributed by atoms with E-state index < -0.39 is 0 Å². The summed E-state index contributed by atoms with van der Waals surface area (Å²) >= 11 is 0. The first kappa shape index (κ1) is 19.8. The molecule has 0 atom stereocenters. The van der Waals surface area contributed by atoms with Crippen molar-refractivity contribution in [1.82, 2.24) is 0 Å². The van der Waals surface area contributed by atoms with Gasteiger partial charge < -0.3 is 21.0 Å². The van der Waals surface area contributed by atoms with Crippen LogP contribution in [0.1, 0.15) is 0 Å². The van der Waals surface area contributed by atoms with Crippen molar-refractivity contribution in [1.29, 1.82) is 0 Å². The molecule has 2 aromatic carbocycles. The number of rotatable bonds is 0. The van der Waals surface area contributed by atoms with Crippen molar-refractivity contribution < 1.29 is 17.4 Å². The van der Waals surface area contributed by atoms with Crippen molar-refractivity contribution in [3.05, 3.63) is 87.7 Å². The molecule has 0 unspecified atom stereocenters. The van der Waals surface area contributed by atoms with Gasteiger partial charge in [0, 0.05) is 0 Å². The van der Waals surface area contributed by atoms with Gasteiger partial charge in [0.1, 0.15) is 0 Å². The minimum Gasteiger partial charge on any atom is -0.577 e. The fraction of sp³-hybridized carbons (Fsp3) is 0. The summed E-state index contributed by atoms with van der Waals surface area (Å²) in [5.74, 6) is 0. The van der Waals surface area contributed by atoms with Crippen molar-refractivity contribution in [3.8, 4) is 0 Å². The molecule has 82 valence electrons. The van der Waals surface area contributed by atoms with Gasteiger partial charge in [-0.1, -0.05) is 0 Å². The van der Waals surface area contributed by atoms with E-state index in [-0.39, 0.29) is 17.4 Å². The molecule has 4 nitrogen and oxygen atoms in total. The molecular formula is C11H10CrN2O2. The van der Waals surface area contributed by atoms with E-state index in [1.165, 1.54) is 0 Å². The van der Waals surface area contributed by atoms with Crippen LogP contribution in [0.5, 0.6) is 0 Å². The van der Waals surface area contributed by atoms with Gasteiger partial charge in [-0.2, -0.15) is 54.6 Å². The Kier molecular flexibility index (Phi) is 28.8. The van der Waals surface area contributed by atoms with Crippen LogP contribution in [0, 0.1) is 15.9 Å². The van der Waals surface area contributed by atoms with Gasteiger partial charge in [0.25, 0.3) is 0 Å². The zero-order valence-electron chi connectivity index (χ0n) is 8.39. The summed E-state index contributed by atoms with van der Waals surface area (Å²) in [6.07, 6.45) is 0. The van der Waals surface area contributed by atoms with Gasteiger partial charge in [0.05, 0.1) is 0 Å². The summed E-state index contributed by atoms with van der Waals surface area (Å²) in [5, 5.41) is 0. The molecule has 0 bridgehead atoms. The summed E-state index contributed by atoms with van der Waals surface area (Å²) in [5.41, 5.74) is 11.5. The van der Waals surface area contributed by atoms with Crippen LogP contribution in [0.4, 0.5) is 0 Å². The molecular weight excluding hydrogens is 244 g/mol. The number of hydrogen-bond donors (Lipinski definition) is 0. The number of benzene rings is 1. The topological polar surface area (TPSA) is 78.7 Å². The number of nitroso groups, excluding NO2 is 2. The Morgan fingerprint density at radius 1 is 0.750 bits per heavy atom. The Bertz CT molecular complexity index is 231. The van der Waals surface area contributed by atoms with Crippen LogP contribution in [0.25, 0.3) is 11.2 Å². The fourth-order valence-corrected chi connectivity index (χ4v) is 0.663. The number of nitrogens with zero attached hydrogens (tertiary/aromatic N) is 2. The van der Waals surface area contributed by atoms with Gasteiger partial charge in [-0.15, -0.1) is 0 Å². The maximum Gasteiger partial charge on any atom is 4.00 e. The third-order valence-electron chi connectivity index (χ3n) is 1.16. The molecule has 0 aliphatic carbocycles.